The third-order valence-corrected chi connectivity index (χ3v) is 2.89. The van der Waals surface area contributed by atoms with E-state index in [9.17, 15) is 18.4 Å². The molecule has 112 valence electrons. The van der Waals surface area contributed by atoms with Crippen LogP contribution in [0.3, 0.4) is 0 Å². The zero-order valence-corrected chi connectivity index (χ0v) is 11.4. The molecule has 0 saturated heterocycles. The van der Waals surface area contributed by atoms with E-state index in [1.54, 1.807) is 6.92 Å². The molecule has 0 aliphatic rings. The van der Waals surface area contributed by atoms with Gasteiger partial charge in [-0.25, -0.2) is 8.78 Å². The molecule has 0 saturated carbocycles. The van der Waals surface area contributed by atoms with Crippen molar-refractivity contribution < 1.29 is 18.4 Å². The highest BCUT2D eigenvalue weighted by atomic mass is 19.1. The second kappa shape index (κ2) is 7.33. The number of nitrogens with zero attached hydrogens (tertiary/aromatic N) is 1. The smallest absolute Gasteiger partial charge is 0.240 e. The predicted molar refractivity (Wildman–Crippen MR) is 70.6 cm³/mol. The molecule has 2 atom stereocenters. The van der Waals surface area contributed by atoms with Crippen LogP contribution in [0.5, 0.6) is 0 Å². The molecule has 0 aromatic heterocycles. The molecule has 0 aliphatic carbocycles. The van der Waals surface area contributed by atoms with Crippen LogP contribution in [0, 0.1) is 28.9 Å². The summed E-state index contributed by atoms with van der Waals surface area (Å²) in [5.74, 6) is -3.41. The third-order valence-electron chi connectivity index (χ3n) is 2.89. The van der Waals surface area contributed by atoms with Gasteiger partial charge in [0.2, 0.25) is 11.8 Å². The van der Waals surface area contributed by atoms with E-state index in [4.69, 9.17) is 11.0 Å². The molecule has 1 aromatic rings. The van der Waals surface area contributed by atoms with Crippen LogP contribution in [0.2, 0.25) is 0 Å². The number of halogens is 2. The number of hydrogen-bond donors (Lipinski definition) is 2. The zero-order valence-electron chi connectivity index (χ0n) is 11.4. The molecule has 7 heteroatoms. The van der Waals surface area contributed by atoms with Crippen molar-refractivity contribution >= 4 is 11.8 Å². The quantitative estimate of drug-likeness (QED) is 0.820. The first-order chi connectivity index (χ1) is 9.83. The minimum absolute atomic E-state index is 0.0441. The van der Waals surface area contributed by atoms with Crippen molar-refractivity contribution in [1.29, 1.82) is 5.26 Å². The highest BCUT2D eigenvalue weighted by Crippen LogP contribution is 2.10. The second-order valence-corrected chi connectivity index (χ2v) is 4.74. The van der Waals surface area contributed by atoms with Crippen molar-refractivity contribution in [3.63, 3.8) is 0 Å². The van der Waals surface area contributed by atoms with E-state index in [2.05, 4.69) is 5.32 Å². The lowest BCUT2D eigenvalue weighted by atomic mass is 9.98. The van der Waals surface area contributed by atoms with Crippen molar-refractivity contribution in [3.8, 4) is 6.07 Å². The fraction of sp³-hybridized carbons (Fsp3) is 0.357. The van der Waals surface area contributed by atoms with Gasteiger partial charge in [-0.05, 0) is 23.6 Å². The lowest BCUT2D eigenvalue weighted by molar-refractivity contribution is -0.128. The Kier molecular flexibility index (Phi) is 5.79. The summed E-state index contributed by atoms with van der Waals surface area (Å²) in [6, 6.07) is 3.63. The summed E-state index contributed by atoms with van der Waals surface area (Å²) >= 11 is 0. The first-order valence-electron chi connectivity index (χ1n) is 6.24. The molecule has 21 heavy (non-hydrogen) atoms. The highest BCUT2D eigenvalue weighted by Gasteiger charge is 2.24. The van der Waals surface area contributed by atoms with Crippen LogP contribution in [0.4, 0.5) is 8.78 Å². The molecular weight excluding hydrogens is 280 g/mol. The van der Waals surface area contributed by atoms with Gasteiger partial charge in [-0.15, -0.1) is 0 Å². The topological polar surface area (TPSA) is 96.0 Å². The largest absolute Gasteiger partial charge is 0.368 e. The van der Waals surface area contributed by atoms with Gasteiger partial charge in [0.25, 0.3) is 0 Å². The number of hydrogen-bond acceptors (Lipinski definition) is 3. The molecule has 1 rings (SSSR count). The molecule has 0 heterocycles. The van der Waals surface area contributed by atoms with E-state index in [-0.39, 0.29) is 18.4 Å². The Balaban J connectivity index is 2.74. The molecular formula is C14H15F2N3O2. The summed E-state index contributed by atoms with van der Waals surface area (Å²) in [6.07, 6.45) is -0.250. The van der Waals surface area contributed by atoms with Gasteiger partial charge in [-0.3, -0.25) is 9.59 Å². The molecule has 5 nitrogen and oxygen atoms in total. The number of primary amides is 1. The SMILES string of the molecule is C[C@@H](CC#N)[C@@H](NC(=O)Cc1cc(F)cc(F)c1)C(N)=O. The summed E-state index contributed by atoms with van der Waals surface area (Å²) in [5.41, 5.74) is 5.31. The Morgan fingerprint density at radius 2 is 1.90 bits per heavy atom. The van der Waals surface area contributed by atoms with Crippen LogP contribution < -0.4 is 11.1 Å². The summed E-state index contributed by atoms with van der Waals surface area (Å²) in [7, 11) is 0. The van der Waals surface area contributed by atoms with E-state index < -0.39 is 35.4 Å². The number of carbonyl (C=O) groups excluding carboxylic acids is 2. The lowest BCUT2D eigenvalue weighted by Gasteiger charge is -2.20. The fourth-order valence-electron chi connectivity index (χ4n) is 1.88. The van der Waals surface area contributed by atoms with Gasteiger partial charge in [0, 0.05) is 12.5 Å². The maximum absolute atomic E-state index is 13.0. The van der Waals surface area contributed by atoms with Crippen LogP contribution in [-0.4, -0.2) is 17.9 Å². The summed E-state index contributed by atoms with van der Waals surface area (Å²) < 4.78 is 26.0. The molecule has 2 amide bonds. The fourth-order valence-corrected chi connectivity index (χ4v) is 1.88. The molecule has 0 spiro atoms. The minimum Gasteiger partial charge on any atom is -0.368 e. The van der Waals surface area contributed by atoms with Crippen molar-refractivity contribution in [1.82, 2.24) is 5.32 Å². The molecule has 3 N–H and O–H groups in total. The van der Waals surface area contributed by atoms with E-state index in [0.717, 1.165) is 12.1 Å². The van der Waals surface area contributed by atoms with Crippen molar-refractivity contribution in [3.05, 3.63) is 35.4 Å². The maximum Gasteiger partial charge on any atom is 0.240 e. The van der Waals surface area contributed by atoms with Gasteiger partial charge >= 0.3 is 0 Å². The summed E-state index contributed by atoms with van der Waals surface area (Å²) in [6.45, 7) is 1.60. The Hall–Kier alpha value is -2.49. The lowest BCUT2D eigenvalue weighted by Crippen LogP contribution is -2.48. The zero-order chi connectivity index (χ0) is 16.0. The van der Waals surface area contributed by atoms with E-state index in [1.165, 1.54) is 0 Å². The van der Waals surface area contributed by atoms with Gasteiger partial charge in [0.05, 0.1) is 12.5 Å². The highest BCUT2D eigenvalue weighted by molar-refractivity contribution is 5.87. The number of benzene rings is 1. The number of carbonyl (C=O) groups is 2. The van der Waals surface area contributed by atoms with E-state index in [1.807, 2.05) is 6.07 Å². The molecule has 0 fully saturated rings. The standard InChI is InChI=1S/C14H15F2N3O2/c1-8(2-3-17)13(14(18)21)19-12(20)6-9-4-10(15)7-11(16)5-9/h4-5,7-8,13H,2,6H2,1H3,(H2,18,21)(H,19,20)/t8-,13+/m0/s1. The summed E-state index contributed by atoms with van der Waals surface area (Å²) in [5, 5.41) is 11.0. The molecule has 0 aliphatic heterocycles. The van der Waals surface area contributed by atoms with Crippen molar-refractivity contribution in [2.75, 3.05) is 0 Å². The monoisotopic (exact) mass is 295 g/mol. The number of nitrogens with two attached hydrogens (primary N) is 1. The third kappa shape index (κ3) is 5.18. The first kappa shape index (κ1) is 16.6. The van der Waals surface area contributed by atoms with Gasteiger partial charge in [0.1, 0.15) is 17.7 Å². The van der Waals surface area contributed by atoms with Crippen molar-refractivity contribution in [2.24, 2.45) is 11.7 Å². The van der Waals surface area contributed by atoms with Crippen LogP contribution in [0.1, 0.15) is 18.9 Å². The van der Waals surface area contributed by atoms with Gasteiger partial charge in [0.15, 0.2) is 0 Å². The predicted octanol–water partition coefficient (Wildman–Crippen LogP) is 1.03. The molecule has 1 aromatic carbocycles. The number of nitriles is 1. The van der Waals surface area contributed by atoms with Gasteiger partial charge in [-0.1, -0.05) is 6.92 Å². The Morgan fingerprint density at radius 3 is 2.38 bits per heavy atom. The second-order valence-electron chi connectivity index (χ2n) is 4.74. The average Bonchev–Trinajstić information content (AvgIpc) is 2.34. The Labute approximate surface area is 120 Å². The van der Waals surface area contributed by atoms with Gasteiger partial charge in [-0.2, -0.15) is 5.26 Å². The molecule has 0 unspecified atom stereocenters. The average molecular weight is 295 g/mol. The van der Waals surface area contributed by atoms with Crippen LogP contribution in [-0.2, 0) is 16.0 Å². The Morgan fingerprint density at radius 1 is 1.33 bits per heavy atom. The van der Waals surface area contributed by atoms with Crippen molar-refractivity contribution in [2.45, 2.75) is 25.8 Å². The van der Waals surface area contributed by atoms with E-state index >= 15 is 0 Å². The number of nitrogens with one attached hydrogen (secondary N) is 1. The molecule has 0 radical (unpaired) electrons. The van der Waals surface area contributed by atoms with Crippen LogP contribution >= 0.6 is 0 Å². The first-order valence-corrected chi connectivity index (χ1v) is 6.24. The minimum atomic E-state index is -1.00. The molecule has 0 bridgehead atoms. The Bertz CT molecular complexity index is 564. The van der Waals surface area contributed by atoms with Crippen LogP contribution in [0.15, 0.2) is 18.2 Å². The normalized spacial score (nSPS) is 13.0. The van der Waals surface area contributed by atoms with E-state index in [0.29, 0.717) is 6.07 Å². The summed E-state index contributed by atoms with van der Waals surface area (Å²) in [4.78, 5) is 23.1. The van der Waals surface area contributed by atoms with Crippen LogP contribution in [0.25, 0.3) is 0 Å². The number of rotatable bonds is 6. The van der Waals surface area contributed by atoms with Gasteiger partial charge < -0.3 is 11.1 Å². The maximum atomic E-state index is 13.0. The number of amides is 2.